The molecule has 3 rings (SSSR count). The van der Waals surface area contributed by atoms with Crippen molar-refractivity contribution in [3.63, 3.8) is 0 Å². The van der Waals surface area contributed by atoms with Gasteiger partial charge in [0.2, 0.25) is 0 Å². The maximum atomic E-state index is 5.60. The van der Waals surface area contributed by atoms with Crippen molar-refractivity contribution in [3.8, 4) is 5.75 Å². The Hall–Kier alpha value is -1.48. The number of H-pyrrole nitrogens is 1. The van der Waals surface area contributed by atoms with Gasteiger partial charge in [-0.05, 0) is 51.0 Å². The fourth-order valence-electron chi connectivity index (χ4n) is 2.86. The number of rotatable bonds is 2. The van der Waals surface area contributed by atoms with Crippen LogP contribution in [0.15, 0.2) is 18.2 Å². The van der Waals surface area contributed by atoms with E-state index in [1.54, 1.807) is 0 Å². The van der Waals surface area contributed by atoms with E-state index >= 15 is 0 Å². The minimum Gasteiger partial charge on any atom is -0.494 e. The summed E-state index contributed by atoms with van der Waals surface area (Å²) >= 11 is 0. The number of hydrogen-bond donors (Lipinski definition) is 2. The standard InChI is InChI=1S/C15H20N2O/c1-4-18-10-5-6-13-12(9-10)11-7-8-16-15(2,3)14(11)17-13/h5-6,9,16-17H,4,7-8H2,1-3H3. The first kappa shape index (κ1) is 11.6. The highest BCUT2D eigenvalue weighted by molar-refractivity contribution is 5.86. The second kappa shape index (κ2) is 4.02. The van der Waals surface area contributed by atoms with Crippen LogP contribution in [0, 0.1) is 0 Å². The highest BCUT2D eigenvalue weighted by Gasteiger charge is 2.29. The molecule has 0 saturated carbocycles. The molecule has 0 aliphatic carbocycles. The van der Waals surface area contributed by atoms with Crippen LogP contribution in [0.5, 0.6) is 5.75 Å². The zero-order valence-electron chi connectivity index (χ0n) is 11.3. The van der Waals surface area contributed by atoms with Crippen LogP contribution in [0.2, 0.25) is 0 Å². The molecule has 2 heterocycles. The van der Waals surface area contributed by atoms with Gasteiger partial charge in [0.25, 0.3) is 0 Å². The number of fused-ring (bicyclic) bond motifs is 3. The second-order valence-electron chi connectivity index (χ2n) is 5.42. The molecule has 3 heteroatoms. The van der Waals surface area contributed by atoms with E-state index < -0.39 is 0 Å². The Morgan fingerprint density at radius 1 is 1.33 bits per heavy atom. The fraction of sp³-hybridized carbons (Fsp3) is 0.467. The number of aromatic amines is 1. The third-order valence-corrected chi connectivity index (χ3v) is 3.76. The molecular formula is C15H20N2O. The Bertz CT molecular complexity index is 583. The molecule has 0 radical (unpaired) electrons. The van der Waals surface area contributed by atoms with Crippen molar-refractivity contribution in [1.82, 2.24) is 10.3 Å². The number of benzene rings is 1. The molecule has 0 atom stereocenters. The number of nitrogens with one attached hydrogen (secondary N) is 2. The summed E-state index contributed by atoms with van der Waals surface area (Å²) in [6.45, 7) is 8.22. The first-order valence-corrected chi connectivity index (χ1v) is 6.65. The molecule has 0 bridgehead atoms. The van der Waals surface area contributed by atoms with Crippen LogP contribution in [0.4, 0.5) is 0 Å². The van der Waals surface area contributed by atoms with Crippen LogP contribution in [0.1, 0.15) is 32.0 Å². The molecule has 0 saturated heterocycles. The molecule has 3 nitrogen and oxygen atoms in total. The molecule has 1 aliphatic rings. The molecule has 0 amide bonds. The molecule has 18 heavy (non-hydrogen) atoms. The summed E-state index contributed by atoms with van der Waals surface area (Å²) in [7, 11) is 0. The van der Waals surface area contributed by atoms with Crippen molar-refractivity contribution >= 4 is 10.9 Å². The molecule has 1 aromatic heterocycles. The van der Waals surface area contributed by atoms with Crippen LogP contribution < -0.4 is 10.1 Å². The van der Waals surface area contributed by atoms with Gasteiger partial charge in [0.15, 0.2) is 0 Å². The number of hydrogen-bond acceptors (Lipinski definition) is 2. The van der Waals surface area contributed by atoms with E-state index in [0.29, 0.717) is 6.61 Å². The van der Waals surface area contributed by atoms with Crippen LogP contribution in [0.25, 0.3) is 10.9 Å². The molecular weight excluding hydrogens is 224 g/mol. The van der Waals surface area contributed by atoms with Gasteiger partial charge in [0.1, 0.15) is 5.75 Å². The van der Waals surface area contributed by atoms with Crippen molar-refractivity contribution in [2.24, 2.45) is 0 Å². The second-order valence-corrected chi connectivity index (χ2v) is 5.42. The van der Waals surface area contributed by atoms with Crippen LogP contribution in [0.3, 0.4) is 0 Å². The molecule has 0 unspecified atom stereocenters. The lowest BCUT2D eigenvalue weighted by atomic mass is 9.90. The molecule has 1 aromatic carbocycles. The van der Waals surface area contributed by atoms with E-state index in [1.807, 2.05) is 13.0 Å². The van der Waals surface area contributed by atoms with Crippen molar-refractivity contribution in [1.29, 1.82) is 0 Å². The van der Waals surface area contributed by atoms with E-state index in [9.17, 15) is 0 Å². The van der Waals surface area contributed by atoms with E-state index in [0.717, 1.165) is 18.7 Å². The zero-order valence-corrected chi connectivity index (χ0v) is 11.3. The van der Waals surface area contributed by atoms with Crippen LogP contribution in [-0.4, -0.2) is 18.1 Å². The number of ether oxygens (including phenoxy) is 1. The Kier molecular flexibility index (Phi) is 2.59. The summed E-state index contributed by atoms with van der Waals surface area (Å²) in [5.41, 5.74) is 3.99. The topological polar surface area (TPSA) is 37.0 Å². The smallest absolute Gasteiger partial charge is 0.120 e. The van der Waals surface area contributed by atoms with E-state index in [-0.39, 0.29) is 5.54 Å². The average molecular weight is 244 g/mol. The Morgan fingerprint density at radius 2 is 2.17 bits per heavy atom. The highest BCUT2D eigenvalue weighted by Crippen LogP contribution is 2.34. The molecule has 1 aliphatic heterocycles. The lowest BCUT2D eigenvalue weighted by molar-refractivity contribution is 0.340. The summed E-state index contributed by atoms with van der Waals surface area (Å²) in [6, 6.07) is 6.32. The van der Waals surface area contributed by atoms with Gasteiger partial charge in [-0.1, -0.05) is 0 Å². The van der Waals surface area contributed by atoms with Crippen molar-refractivity contribution in [2.45, 2.75) is 32.7 Å². The first-order valence-electron chi connectivity index (χ1n) is 6.65. The summed E-state index contributed by atoms with van der Waals surface area (Å²) in [6.07, 6.45) is 1.08. The van der Waals surface area contributed by atoms with Crippen LogP contribution >= 0.6 is 0 Å². The van der Waals surface area contributed by atoms with Gasteiger partial charge in [0, 0.05) is 23.1 Å². The molecule has 96 valence electrons. The average Bonchev–Trinajstić information content (AvgIpc) is 2.69. The monoisotopic (exact) mass is 244 g/mol. The van der Waals surface area contributed by atoms with Gasteiger partial charge in [-0.15, -0.1) is 0 Å². The quantitative estimate of drug-likeness (QED) is 0.852. The number of aromatic nitrogens is 1. The summed E-state index contributed by atoms with van der Waals surface area (Å²) < 4.78 is 5.60. The molecule has 2 aromatic rings. The van der Waals surface area contributed by atoms with E-state index in [4.69, 9.17) is 4.74 Å². The maximum Gasteiger partial charge on any atom is 0.120 e. The molecule has 2 N–H and O–H groups in total. The van der Waals surface area contributed by atoms with Gasteiger partial charge in [-0.2, -0.15) is 0 Å². The Balaban J connectivity index is 2.18. The lowest BCUT2D eigenvalue weighted by Gasteiger charge is -2.31. The fourth-order valence-corrected chi connectivity index (χ4v) is 2.86. The van der Waals surface area contributed by atoms with Gasteiger partial charge in [0.05, 0.1) is 12.1 Å². The first-order chi connectivity index (χ1) is 8.62. The minimum atomic E-state index is 0.0262. The van der Waals surface area contributed by atoms with Gasteiger partial charge in [-0.25, -0.2) is 0 Å². The predicted molar refractivity (Wildman–Crippen MR) is 74.2 cm³/mol. The largest absolute Gasteiger partial charge is 0.494 e. The van der Waals surface area contributed by atoms with Gasteiger partial charge >= 0.3 is 0 Å². The lowest BCUT2D eigenvalue weighted by Crippen LogP contribution is -2.42. The predicted octanol–water partition coefficient (Wildman–Crippen LogP) is 2.95. The summed E-state index contributed by atoms with van der Waals surface area (Å²) in [5, 5.41) is 4.86. The van der Waals surface area contributed by atoms with E-state index in [2.05, 4.69) is 36.3 Å². The summed E-state index contributed by atoms with van der Waals surface area (Å²) in [5.74, 6) is 0.961. The minimum absolute atomic E-state index is 0.0262. The third-order valence-electron chi connectivity index (χ3n) is 3.76. The van der Waals surface area contributed by atoms with Crippen LogP contribution in [-0.2, 0) is 12.0 Å². The van der Waals surface area contributed by atoms with Gasteiger partial charge in [-0.3, -0.25) is 0 Å². The summed E-state index contributed by atoms with van der Waals surface area (Å²) in [4.78, 5) is 3.56. The third kappa shape index (κ3) is 1.70. The molecule has 0 spiro atoms. The van der Waals surface area contributed by atoms with Gasteiger partial charge < -0.3 is 15.0 Å². The highest BCUT2D eigenvalue weighted by atomic mass is 16.5. The Morgan fingerprint density at radius 3 is 2.94 bits per heavy atom. The normalized spacial score (nSPS) is 17.7. The molecule has 0 fully saturated rings. The van der Waals surface area contributed by atoms with E-state index in [1.165, 1.54) is 22.2 Å². The maximum absolute atomic E-state index is 5.60. The van der Waals surface area contributed by atoms with Crippen molar-refractivity contribution < 1.29 is 4.74 Å². The zero-order chi connectivity index (χ0) is 12.8. The van der Waals surface area contributed by atoms with Crippen molar-refractivity contribution in [2.75, 3.05) is 13.2 Å². The van der Waals surface area contributed by atoms with Crippen molar-refractivity contribution in [3.05, 3.63) is 29.5 Å². The Labute approximate surface area is 108 Å². The SMILES string of the molecule is CCOc1ccc2[nH]c3c(c2c1)CCNC3(C)C.